The molecule has 1 atom stereocenters. The molecule has 1 unspecified atom stereocenters. The van der Waals surface area contributed by atoms with Gasteiger partial charge in [0.25, 0.3) is 0 Å². The van der Waals surface area contributed by atoms with E-state index in [1.165, 1.54) is 4.90 Å². The minimum atomic E-state index is -0.974. The van der Waals surface area contributed by atoms with E-state index in [-0.39, 0.29) is 18.6 Å². The normalized spacial score (nSPS) is 12.3. The van der Waals surface area contributed by atoms with Crippen LogP contribution >= 0.6 is 0 Å². The van der Waals surface area contributed by atoms with E-state index in [1.54, 1.807) is 4.90 Å². The van der Waals surface area contributed by atoms with Crippen molar-refractivity contribution in [1.29, 1.82) is 0 Å². The topological polar surface area (TPSA) is 64.1 Å². The molecule has 0 fully saturated rings. The van der Waals surface area contributed by atoms with Crippen molar-refractivity contribution in [3.8, 4) is 0 Å². The van der Waals surface area contributed by atoms with Crippen molar-refractivity contribution in [3.63, 3.8) is 0 Å². The largest absolute Gasteiger partial charge is 0.480 e. The Labute approximate surface area is 116 Å². The lowest BCUT2D eigenvalue weighted by Gasteiger charge is -2.34. The molecule has 0 radical (unpaired) electrons. The second-order valence-corrected chi connectivity index (χ2v) is 5.00. The molecule has 1 N–H and O–H groups in total. The van der Waals surface area contributed by atoms with Crippen LogP contribution in [0, 0.1) is 0 Å². The van der Waals surface area contributed by atoms with Crippen LogP contribution in [0.1, 0.15) is 27.2 Å². The number of likely N-dealkylation sites (N-methyl/N-ethyl adjacent to an activating group) is 2. The summed E-state index contributed by atoms with van der Waals surface area (Å²) in [7, 11) is 3.91. The number of aliphatic carboxylic acids is 1. The van der Waals surface area contributed by atoms with Crippen LogP contribution in [0.2, 0.25) is 0 Å². The maximum Gasteiger partial charge on any atom is 0.323 e. The van der Waals surface area contributed by atoms with E-state index in [0.717, 1.165) is 13.0 Å². The van der Waals surface area contributed by atoms with Crippen LogP contribution in [0.25, 0.3) is 0 Å². The van der Waals surface area contributed by atoms with Crippen molar-refractivity contribution >= 4 is 12.0 Å². The molecular weight excluding hydrogens is 246 g/mol. The van der Waals surface area contributed by atoms with E-state index in [4.69, 9.17) is 5.11 Å². The van der Waals surface area contributed by atoms with E-state index in [1.807, 2.05) is 39.8 Å². The first-order chi connectivity index (χ1) is 8.83. The predicted molar refractivity (Wildman–Crippen MR) is 75.3 cm³/mol. The summed E-state index contributed by atoms with van der Waals surface area (Å²) in [5.74, 6) is -0.974. The number of carboxylic acids is 1. The number of carbonyl (C=O) groups is 2. The van der Waals surface area contributed by atoms with E-state index in [0.29, 0.717) is 13.1 Å². The van der Waals surface area contributed by atoms with Crippen LogP contribution in [-0.2, 0) is 4.79 Å². The number of carbonyl (C=O) groups excluding carboxylic acids is 1. The van der Waals surface area contributed by atoms with Gasteiger partial charge < -0.3 is 19.8 Å². The zero-order valence-electron chi connectivity index (χ0n) is 12.7. The summed E-state index contributed by atoms with van der Waals surface area (Å²) in [5, 5.41) is 8.88. The summed E-state index contributed by atoms with van der Waals surface area (Å²) >= 11 is 0. The number of hydrogen-bond acceptors (Lipinski definition) is 3. The number of amides is 2. The number of rotatable bonds is 8. The summed E-state index contributed by atoms with van der Waals surface area (Å²) in [6, 6.07) is -0.137. The van der Waals surface area contributed by atoms with Crippen LogP contribution in [0.3, 0.4) is 0 Å². The second-order valence-electron chi connectivity index (χ2n) is 5.00. The molecule has 0 aliphatic heterocycles. The molecule has 2 amide bonds. The third-order valence-electron chi connectivity index (χ3n) is 2.84. The Bertz CT molecular complexity index is 295. The van der Waals surface area contributed by atoms with Gasteiger partial charge in [-0.05, 0) is 34.4 Å². The van der Waals surface area contributed by atoms with Gasteiger partial charge in [-0.2, -0.15) is 0 Å². The van der Waals surface area contributed by atoms with Crippen molar-refractivity contribution in [1.82, 2.24) is 14.7 Å². The third kappa shape index (κ3) is 6.42. The lowest BCUT2D eigenvalue weighted by Crippen LogP contribution is -2.51. The van der Waals surface area contributed by atoms with E-state index < -0.39 is 5.97 Å². The molecule has 19 heavy (non-hydrogen) atoms. The summed E-state index contributed by atoms with van der Waals surface area (Å²) in [4.78, 5) is 28.4. The van der Waals surface area contributed by atoms with Crippen LogP contribution in [0.15, 0.2) is 0 Å². The molecule has 112 valence electrons. The first-order valence-corrected chi connectivity index (χ1v) is 6.75. The summed E-state index contributed by atoms with van der Waals surface area (Å²) < 4.78 is 0. The molecule has 6 nitrogen and oxygen atoms in total. The molecule has 0 aromatic rings. The van der Waals surface area contributed by atoms with Crippen LogP contribution in [-0.4, -0.2) is 78.1 Å². The van der Waals surface area contributed by atoms with E-state index in [9.17, 15) is 9.59 Å². The van der Waals surface area contributed by atoms with Crippen LogP contribution in [0.4, 0.5) is 4.79 Å². The van der Waals surface area contributed by atoms with Gasteiger partial charge in [-0.1, -0.05) is 6.92 Å². The van der Waals surface area contributed by atoms with Crippen LogP contribution in [0.5, 0.6) is 0 Å². The fourth-order valence-electron chi connectivity index (χ4n) is 2.12. The molecular formula is C13H27N3O3. The van der Waals surface area contributed by atoms with E-state index in [2.05, 4.69) is 0 Å². The van der Waals surface area contributed by atoms with Gasteiger partial charge in [-0.3, -0.25) is 4.79 Å². The van der Waals surface area contributed by atoms with Crippen molar-refractivity contribution in [2.24, 2.45) is 0 Å². The van der Waals surface area contributed by atoms with Gasteiger partial charge in [-0.25, -0.2) is 4.79 Å². The average molecular weight is 273 g/mol. The molecule has 0 aliphatic carbocycles. The predicted octanol–water partition coefficient (Wildman–Crippen LogP) is 1.18. The highest BCUT2D eigenvalue weighted by Crippen LogP contribution is 2.07. The highest BCUT2D eigenvalue weighted by atomic mass is 16.4. The molecule has 0 rings (SSSR count). The first-order valence-electron chi connectivity index (χ1n) is 6.75. The lowest BCUT2D eigenvalue weighted by molar-refractivity contribution is -0.137. The average Bonchev–Trinajstić information content (AvgIpc) is 2.27. The lowest BCUT2D eigenvalue weighted by atomic mass is 10.2. The Balaban J connectivity index is 4.80. The summed E-state index contributed by atoms with van der Waals surface area (Å²) in [6.07, 6.45) is 0.749. The molecule has 0 aromatic heterocycles. The highest BCUT2D eigenvalue weighted by molar-refractivity contribution is 5.80. The van der Waals surface area contributed by atoms with Gasteiger partial charge in [0.05, 0.1) is 0 Å². The highest BCUT2D eigenvalue weighted by Gasteiger charge is 2.25. The van der Waals surface area contributed by atoms with Gasteiger partial charge in [0.1, 0.15) is 6.54 Å². The maximum atomic E-state index is 12.4. The molecule has 0 heterocycles. The van der Waals surface area contributed by atoms with Gasteiger partial charge in [0, 0.05) is 25.7 Å². The summed E-state index contributed by atoms with van der Waals surface area (Å²) in [5.41, 5.74) is 0. The summed E-state index contributed by atoms with van der Waals surface area (Å²) in [6.45, 7) is 7.39. The SMILES string of the molecule is CCCN(CC(=O)O)C(=O)N(CC)C(C)CN(C)C. The molecule has 0 saturated heterocycles. The molecule has 6 heteroatoms. The molecule has 0 spiro atoms. The van der Waals surface area contributed by atoms with Crippen molar-refractivity contribution in [2.75, 3.05) is 40.3 Å². The molecule has 0 saturated carbocycles. The molecule has 0 bridgehead atoms. The van der Waals surface area contributed by atoms with Crippen molar-refractivity contribution in [3.05, 3.63) is 0 Å². The van der Waals surface area contributed by atoms with Gasteiger partial charge in [-0.15, -0.1) is 0 Å². The number of hydrogen-bond donors (Lipinski definition) is 1. The maximum absolute atomic E-state index is 12.4. The Morgan fingerprint density at radius 1 is 1.21 bits per heavy atom. The smallest absolute Gasteiger partial charge is 0.323 e. The quantitative estimate of drug-likeness (QED) is 0.721. The number of carboxylic acid groups (broad SMARTS) is 1. The Kier molecular flexibility index (Phi) is 8.14. The molecule has 0 aliphatic rings. The van der Waals surface area contributed by atoms with Crippen molar-refractivity contribution < 1.29 is 14.7 Å². The minimum absolute atomic E-state index is 0.0562. The third-order valence-corrected chi connectivity index (χ3v) is 2.84. The zero-order chi connectivity index (χ0) is 15.0. The fraction of sp³-hybridized carbons (Fsp3) is 0.846. The number of urea groups is 1. The van der Waals surface area contributed by atoms with Gasteiger partial charge in [0.2, 0.25) is 0 Å². The fourth-order valence-corrected chi connectivity index (χ4v) is 2.12. The Morgan fingerprint density at radius 3 is 2.16 bits per heavy atom. The van der Waals surface area contributed by atoms with Gasteiger partial charge in [0.15, 0.2) is 0 Å². The second kappa shape index (κ2) is 8.74. The Hall–Kier alpha value is -1.30. The Morgan fingerprint density at radius 2 is 1.79 bits per heavy atom. The molecule has 0 aromatic carbocycles. The zero-order valence-corrected chi connectivity index (χ0v) is 12.7. The monoisotopic (exact) mass is 273 g/mol. The number of nitrogens with zero attached hydrogens (tertiary/aromatic N) is 3. The van der Waals surface area contributed by atoms with Crippen LogP contribution < -0.4 is 0 Å². The minimum Gasteiger partial charge on any atom is -0.480 e. The first kappa shape index (κ1) is 17.7. The van der Waals surface area contributed by atoms with Crippen molar-refractivity contribution in [2.45, 2.75) is 33.2 Å². The van der Waals surface area contributed by atoms with Gasteiger partial charge >= 0.3 is 12.0 Å². The standard InChI is InChI=1S/C13H27N3O3/c1-6-8-15(10-12(17)18)13(19)16(7-2)11(3)9-14(4)5/h11H,6-10H2,1-5H3,(H,17,18). The van der Waals surface area contributed by atoms with E-state index >= 15 is 0 Å².